The summed E-state index contributed by atoms with van der Waals surface area (Å²) in [4.78, 5) is 1.71. The molecule has 0 aliphatic carbocycles. The Labute approximate surface area is 193 Å². The van der Waals surface area contributed by atoms with E-state index in [0.29, 0.717) is 29.8 Å². The zero-order valence-corrected chi connectivity index (χ0v) is 20.2. The molecule has 0 amide bonds. The summed E-state index contributed by atoms with van der Waals surface area (Å²) in [7, 11) is -0.363. The zero-order valence-electron chi connectivity index (χ0n) is 19.4. The molecule has 2 heterocycles. The molecule has 9 heteroatoms. The summed E-state index contributed by atoms with van der Waals surface area (Å²) < 4.78 is 59.7. The predicted molar refractivity (Wildman–Crippen MR) is 122 cm³/mol. The van der Waals surface area contributed by atoms with Gasteiger partial charge in [-0.05, 0) is 46.0 Å². The number of benzene rings is 2. The lowest BCUT2D eigenvalue weighted by Gasteiger charge is -2.19. The highest BCUT2D eigenvalue weighted by molar-refractivity contribution is 7.91. The van der Waals surface area contributed by atoms with Crippen molar-refractivity contribution in [2.75, 3.05) is 20.2 Å². The van der Waals surface area contributed by atoms with Gasteiger partial charge >= 0.3 is 0 Å². The monoisotopic (exact) mass is 476 g/mol. The number of aromatic nitrogens is 1. The van der Waals surface area contributed by atoms with E-state index < -0.39 is 15.7 Å². The average Bonchev–Trinajstić information content (AvgIpc) is 3.39. The van der Waals surface area contributed by atoms with Gasteiger partial charge in [0.2, 0.25) is 9.84 Å². The minimum Gasteiger partial charge on any atom is -0.490 e. The first kappa shape index (κ1) is 23.7. The summed E-state index contributed by atoms with van der Waals surface area (Å²) in [5.41, 5.74) is 0.353. The van der Waals surface area contributed by atoms with Crippen molar-refractivity contribution in [3.05, 3.63) is 54.5 Å². The number of halogens is 1. The summed E-state index contributed by atoms with van der Waals surface area (Å²) in [6.07, 6.45) is 1.13. The van der Waals surface area contributed by atoms with Gasteiger partial charge in [-0.2, -0.15) is 0 Å². The number of hydrogen-bond donors (Lipinski definition) is 0. The molecule has 1 fully saturated rings. The van der Waals surface area contributed by atoms with Crippen LogP contribution in [0.4, 0.5) is 4.39 Å². The molecule has 0 radical (unpaired) electrons. The first-order valence-electron chi connectivity index (χ1n) is 10.7. The van der Waals surface area contributed by atoms with Crippen LogP contribution in [-0.4, -0.2) is 56.2 Å². The van der Waals surface area contributed by atoms with Gasteiger partial charge in [-0.15, -0.1) is 0 Å². The fourth-order valence-electron chi connectivity index (χ4n) is 3.77. The highest BCUT2D eigenvalue weighted by Crippen LogP contribution is 2.35. The van der Waals surface area contributed by atoms with Gasteiger partial charge < -0.3 is 18.8 Å². The third-order valence-electron chi connectivity index (χ3n) is 5.38. The Bertz CT molecular complexity index is 1270. The number of ether oxygens (including phenoxy) is 3. The second-order valence-electron chi connectivity index (χ2n) is 9.14. The fourth-order valence-corrected chi connectivity index (χ4v) is 5.34. The van der Waals surface area contributed by atoms with Crippen molar-refractivity contribution in [2.45, 2.75) is 48.7 Å². The van der Waals surface area contributed by atoms with Crippen molar-refractivity contribution < 1.29 is 27.0 Å². The number of sulfone groups is 1. The number of nitrogens with zero attached hydrogens (tertiary/aromatic N) is 2. The Balaban J connectivity index is 1.51. The van der Waals surface area contributed by atoms with Gasteiger partial charge in [-0.25, -0.2) is 12.8 Å². The Hall–Kier alpha value is -2.46. The van der Waals surface area contributed by atoms with E-state index in [9.17, 15) is 12.8 Å². The second-order valence-corrected chi connectivity index (χ2v) is 11.0. The zero-order chi connectivity index (χ0) is 24.0. The maximum atomic E-state index is 14.3. The molecule has 3 aromatic rings. The Morgan fingerprint density at radius 2 is 1.85 bits per heavy atom. The molecule has 7 nitrogen and oxygen atoms in total. The summed E-state index contributed by atoms with van der Waals surface area (Å²) in [6, 6.07) is 10.6. The molecule has 0 N–H and O–H groups in total. The van der Waals surface area contributed by atoms with E-state index >= 15 is 0 Å². The van der Waals surface area contributed by atoms with E-state index in [1.165, 1.54) is 24.4 Å². The molecule has 1 saturated heterocycles. The molecule has 178 valence electrons. The smallest absolute Gasteiger partial charge is 0.211 e. The van der Waals surface area contributed by atoms with Crippen LogP contribution in [0.1, 0.15) is 20.8 Å². The van der Waals surface area contributed by atoms with Crippen LogP contribution in [0, 0.1) is 5.82 Å². The highest BCUT2D eigenvalue weighted by Gasteiger charge is 2.45. The van der Waals surface area contributed by atoms with Gasteiger partial charge in [-0.1, -0.05) is 24.3 Å². The number of hydrogen-bond acceptors (Lipinski definition) is 6. The number of epoxide rings is 1. The lowest BCUT2D eigenvalue weighted by molar-refractivity contribution is -0.0576. The van der Waals surface area contributed by atoms with Gasteiger partial charge in [0, 0.05) is 25.2 Å². The number of fused-ring (bicyclic) bond motifs is 1. The molecule has 2 aromatic carbocycles. The number of para-hydroxylation sites is 1. The van der Waals surface area contributed by atoms with Crippen molar-refractivity contribution in [2.24, 2.45) is 7.05 Å². The van der Waals surface area contributed by atoms with Crippen LogP contribution in [-0.2, 0) is 26.4 Å². The van der Waals surface area contributed by atoms with Crippen LogP contribution in [0.2, 0.25) is 0 Å². The van der Waals surface area contributed by atoms with Gasteiger partial charge in [0.15, 0.2) is 12.5 Å². The Kier molecular flexibility index (Phi) is 6.26. The Morgan fingerprint density at radius 3 is 2.55 bits per heavy atom. The van der Waals surface area contributed by atoms with Crippen molar-refractivity contribution >= 4 is 20.7 Å². The molecule has 0 saturated carbocycles. The summed E-state index contributed by atoms with van der Waals surface area (Å²) in [5, 5.41) is 0.482. The molecule has 0 spiro atoms. The average molecular weight is 477 g/mol. The van der Waals surface area contributed by atoms with E-state index in [4.69, 9.17) is 14.2 Å². The van der Waals surface area contributed by atoms with Crippen LogP contribution in [0.15, 0.2) is 58.5 Å². The molecule has 4 rings (SSSR count). The summed E-state index contributed by atoms with van der Waals surface area (Å²) >= 11 is 0. The largest absolute Gasteiger partial charge is 0.490 e. The van der Waals surface area contributed by atoms with E-state index in [1.807, 2.05) is 32.7 Å². The van der Waals surface area contributed by atoms with Crippen LogP contribution in [0.3, 0.4) is 0 Å². The molecule has 1 aromatic heterocycles. The SMILES string of the molecule is CN(CCOc1cccc2c(S(=O)(=O)c3ccccc3F)cn(C)c12)C1OC1OC(C)(C)C. The molecule has 2 atom stereocenters. The molecule has 1 aliphatic rings. The molecular formula is C24H29FN2O5S. The van der Waals surface area contributed by atoms with E-state index in [0.717, 1.165) is 6.07 Å². The third kappa shape index (κ3) is 4.91. The summed E-state index contributed by atoms with van der Waals surface area (Å²) in [5.74, 6) is -0.224. The van der Waals surface area contributed by atoms with Crippen molar-refractivity contribution in [3.63, 3.8) is 0 Å². The minimum absolute atomic E-state index is 0.0428. The standard InChI is InChI=1S/C24H29FN2O5S/c1-24(2,3)32-23-22(31-23)26(4)13-14-30-18-11-8-9-16-20(15-27(5)21(16)18)33(28,29)19-12-7-6-10-17(19)25/h6-12,15,22-23H,13-14H2,1-5H3. The number of rotatable bonds is 8. The van der Waals surface area contributed by atoms with Crippen LogP contribution < -0.4 is 4.74 Å². The predicted octanol–water partition coefficient (Wildman–Crippen LogP) is 3.96. The number of aryl methyl sites for hydroxylation is 1. The van der Waals surface area contributed by atoms with Crippen LogP contribution in [0.25, 0.3) is 10.9 Å². The number of likely N-dealkylation sites (N-methyl/N-ethyl adjacent to an activating group) is 1. The van der Waals surface area contributed by atoms with Crippen molar-refractivity contribution in [3.8, 4) is 5.75 Å². The molecular weight excluding hydrogens is 447 g/mol. The van der Waals surface area contributed by atoms with Gasteiger partial charge in [-0.3, -0.25) is 4.90 Å². The van der Waals surface area contributed by atoms with Gasteiger partial charge in [0.1, 0.15) is 23.1 Å². The quantitative estimate of drug-likeness (QED) is 0.459. The lowest BCUT2D eigenvalue weighted by Crippen LogP contribution is -2.31. The normalized spacial score (nSPS) is 18.8. The highest BCUT2D eigenvalue weighted by atomic mass is 32.2. The minimum atomic E-state index is -4.04. The van der Waals surface area contributed by atoms with E-state index in [1.54, 1.807) is 29.8 Å². The fraction of sp³-hybridized carbons (Fsp3) is 0.417. The van der Waals surface area contributed by atoms with Gasteiger partial charge in [0.25, 0.3) is 0 Å². The van der Waals surface area contributed by atoms with Gasteiger partial charge in [0.05, 0.1) is 16.0 Å². The third-order valence-corrected chi connectivity index (χ3v) is 7.19. The molecule has 33 heavy (non-hydrogen) atoms. The second kappa shape index (κ2) is 8.72. The van der Waals surface area contributed by atoms with Crippen molar-refractivity contribution in [1.29, 1.82) is 0 Å². The van der Waals surface area contributed by atoms with Crippen LogP contribution in [0.5, 0.6) is 5.75 Å². The summed E-state index contributed by atoms with van der Waals surface area (Å²) in [6.45, 7) is 6.91. The maximum absolute atomic E-state index is 14.3. The lowest BCUT2D eigenvalue weighted by atomic mass is 10.2. The first-order valence-corrected chi connectivity index (χ1v) is 12.2. The first-order chi connectivity index (χ1) is 15.5. The van der Waals surface area contributed by atoms with Crippen LogP contribution >= 0.6 is 0 Å². The topological polar surface area (TPSA) is 73.3 Å². The molecule has 2 unspecified atom stereocenters. The van der Waals surface area contributed by atoms with Crippen molar-refractivity contribution in [1.82, 2.24) is 9.47 Å². The maximum Gasteiger partial charge on any atom is 0.211 e. The molecule has 0 bridgehead atoms. The van der Waals surface area contributed by atoms with E-state index in [-0.39, 0.29) is 27.9 Å². The Morgan fingerprint density at radius 1 is 1.12 bits per heavy atom. The molecule has 1 aliphatic heterocycles. The van der Waals surface area contributed by atoms with E-state index in [2.05, 4.69) is 0 Å².